The first-order valence-corrected chi connectivity index (χ1v) is 12.9. The summed E-state index contributed by atoms with van der Waals surface area (Å²) in [6.45, 7) is 0.460. The van der Waals surface area contributed by atoms with Crippen molar-refractivity contribution in [3.8, 4) is 0 Å². The summed E-state index contributed by atoms with van der Waals surface area (Å²) in [5, 5.41) is 0.468. The van der Waals surface area contributed by atoms with Crippen LogP contribution in [0, 0.1) is 0 Å². The van der Waals surface area contributed by atoms with Gasteiger partial charge in [0.25, 0.3) is 10.0 Å². The van der Waals surface area contributed by atoms with E-state index in [9.17, 15) is 8.42 Å². The molecule has 0 fully saturated rings. The first kappa shape index (κ1) is 20.7. The lowest BCUT2D eigenvalue weighted by Gasteiger charge is -2.04. The van der Waals surface area contributed by atoms with Crippen LogP contribution in [0.15, 0.2) is 99.2 Å². The zero-order valence-electron chi connectivity index (χ0n) is 15.6. The van der Waals surface area contributed by atoms with E-state index >= 15 is 0 Å². The van der Waals surface area contributed by atoms with Crippen LogP contribution in [0.1, 0.15) is 5.56 Å². The minimum atomic E-state index is -3.88. The van der Waals surface area contributed by atoms with E-state index in [0.29, 0.717) is 21.2 Å². The smallest absolute Gasteiger partial charge is 0.285 e. The molecule has 9 heteroatoms. The molecule has 4 rings (SSSR count). The van der Waals surface area contributed by atoms with Crippen LogP contribution < -0.4 is 9.60 Å². The molecule has 0 aliphatic heterocycles. The third kappa shape index (κ3) is 4.96. The van der Waals surface area contributed by atoms with Crippen LogP contribution in [-0.2, 0) is 16.6 Å². The summed E-state index contributed by atoms with van der Waals surface area (Å²) >= 11 is 5.88. The van der Waals surface area contributed by atoms with Crippen LogP contribution in [0.2, 0.25) is 5.02 Å². The van der Waals surface area contributed by atoms with E-state index in [4.69, 9.17) is 16.6 Å². The minimum absolute atomic E-state index is 0.0955. The van der Waals surface area contributed by atoms with Crippen molar-refractivity contribution < 1.29 is 8.42 Å². The zero-order valence-corrected chi connectivity index (χ0v) is 18.8. The SMILES string of the molecule is O=S(=O)(/N=c1\ssc(=Nc2ccccc2)n1Cc1ccccc1)c1ccc(Cl)cc1. The topological polar surface area (TPSA) is 63.8 Å². The van der Waals surface area contributed by atoms with Crippen LogP contribution in [0.5, 0.6) is 0 Å². The molecule has 30 heavy (non-hydrogen) atoms. The van der Waals surface area contributed by atoms with E-state index in [0.717, 1.165) is 11.3 Å². The van der Waals surface area contributed by atoms with Crippen LogP contribution in [0.3, 0.4) is 0 Å². The monoisotopic (exact) mass is 473 g/mol. The van der Waals surface area contributed by atoms with Gasteiger partial charge in [0.15, 0.2) is 0 Å². The van der Waals surface area contributed by atoms with E-state index < -0.39 is 10.0 Å². The summed E-state index contributed by atoms with van der Waals surface area (Å²) in [6, 6.07) is 25.3. The lowest BCUT2D eigenvalue weighted by molar-refractivity contribution is 0.595. The van der Waals surface area contributed by atoms with Crippen molar-refractivity contribution in [1.82, 2.24) is 4.57 Å². The van der Waals surface area contributed by atoms with Crippen molar-refractivity contribution in [3.63, 3.8) is 0 Å². The second kappa shape index (κ2) is 9.09. The standard InChI is InChI=1S/C21H16ClN3O2S3/c22-17-11-13-19(14-12-17)30(26,27)24-21-25(15-16-7-3-1-4-8-16)20(28-29-21)23-18-9-5-2-6-10-18/h1-14H,15H2/b23-20?,24-21-. The third-order valence-corrected chi connectivity index (χ3v) is 7.92. The fourth-order valence-electron chi connectivity index (χ4n) is 2.67. The van der Waals surface area contributed by atoms with Gasteiger partial charge in [0.1, 0.15) is 0 Å². The third-order valence-electron chi connectivity index (χ3n) is 4.13. The van der Waals surface area contributed by atoms with Gasteiger partial charge in [0, 0.05) is 5.02 Å². The molecule has 4 aromatic rings. The molecule has 0 aliphatic rings. The molecule has 1 heterocycles. The molecule has 0 radical (unpaired) electrons. The van der Waals surface area contributed by atoms with Crippen molar-refractivity contribution in [2.75, 3.05) is 0 Å². The molecule has 0 spiro atoms. The minimum Gasteiger partial charge on any atom is -0.287 e. The highest BCUT2D eigenvalue weighted by molar-refractivity contribution is 7.90. The molecule has 1 aromatic heterocycles. The number of aromatic nitrogens is 1. The van der Waals surface area contributed by atoms with E-state index in [1.54, 1.807) is 0 Å². The second-order valence-electron chi connectivity index (χ2n) is 6.27. The van der Waals surface area contributed by atoms with Gasteiger partial charge in [-0.1, -0.05) is 60.1 Å². The summed E-state index contributed by atoms with van der Waals surface area (Å²) in [5.41, 5.74) is 1.82. The van der Waals surface area contributed by atoms with Crippen LogP contribution in [0.4, 0.5) is 5.69 Å². The van der Waals surface area contributed by atoms with Gasteiger partial charge in [-0.2, -0.15) is 8.42 Å². The van der Waals surface area contributed by atoms with Gasteiger partial charge < -0.3 is 0 Å². The maximum atomic E-state index is 12.8. The van der Waals surface area contributed by atoms with Crippen molar-refractivity contribution in [3.05, 3.63) is 105 Å². The molecular weight excluding hydrogens is 458 g/mol. The number of rotatable bonds is 5. The van der Waals surface area contributed by atoms with Gasteiger partial charge in [0.2, 0.25) is 9.60 Å². The van der Waals surface area contributed by atoms with Gasteiger partial charge in [-0.05, 0) is 62.6 Å². The summed E-state index contributed by atoms with van der Waals surface area (Å²) in [5.74, 6) is 0. The predicted molar refractivity (Wildman–Crippen MR) is 122 cm³/mol. The van der Waals surface area contributed by atoms with Crippen LogP contribution >= 0.6 is 32.3 Å². The maximum absolute atomic E-state index is 12.8. The van der Waals surface area contributed by atoms with E-state index in [1.807, 2.05) is 65.2 Å². The number of halogens is 1. The second-order valence-corrected chi connectivity index (χ2v) is 10.4. The molecule has 0 saturated heterocycles. The van der Waals surface area contributed by atoms with Gasteiger partial charge in [-0.25, -0.2) is 4.99 Å². The lowest BCUT2D eigenvalue weighted by Crippen LogP contribution is -2.27. The Labute approximate surface area is 186 Å². The number of para-hydroxylation sites is 1. The fourth-order valence-corrected chi connectivity index (χ4v) is 6.30. The Bertz CT molecular complexity index is 1370. The van der Waals surface area contributed by atoms with E-state index in [-0.39, 0.29) is 4.90 Å². The average Bonchev–Trinajstić information content (AvgIpc) is 3.10. The van der Waals surface area contributed by atoms with Crippen molar-refractivity contribution in [2.45, 2.75) is 11.4 Å². The first-order chi connectivity index (χ1) is 14.5. The Kier molecular flexibility index (Phi) is 6.29. The quantitative estimate of drug-likeness (QED) is 0.389. The Hall–Kier alpha value is -2.52. The van der Waals surface area contributed by atoms with Crippen LogP contribution in [0.25, 0.3) is 0 Å². The first-order valence-electron chi connectivity index (χ1n) is 8.91. The molecule has 0 saturated carbocycles. The van der Waals surface area contributed by atoms with Gasteiger partial charge >= 0.3 is 0 Å². The summed E-state index contributed by atoms with van der Waals surface area (Å²) in [6.07, 6.45) is 0. The number of nitrogens with zero attached hydrogens (tertiary/aromatic N) is 3. The molecule has 5 nitrogen and oxygen atoms in total. The van der Waals surface area contributed by atoms with E-state index in [1.165, 1.54) is 44.9 Å². The molecule has 0 amide bonds. The molecular formula is C21H16ClN3O2S3. The number of hydrogen-bond acceptors (Lipinski definition) is 5. The predicted octanol–water partition coefficient (Wildman–Crippen LogP) is 4.83. The summed E-state index contributed by atoms with van der Waals surface area (Å²) < 4.78 is 31.6. The van der Waals surface area contributed by atoms with Crippen molar-refractivity contribution >= 4 is 48.0 Å². The molecule has 0 N–H and O–H groups in total. The highest BCUT2D eigenvalue weighted by atomic mass is 35.5. The van der Waals surface area contributed by atoms with E-state index in [2.05, 4.69) is 4.40 Å². The molecule has 3 aromatic carbocycles. The zero-order chi connectivity index (χ0) is 21.0. The highest BCUT2D eigenvalue weighted by Gasteiger charge is 2.14. The average molecular weight is 474 g/mol. The van der Waals surface area contributed by atoms with Crippen LogP contribution in [-0.4, -0.2) is 13.0 Å². The number of benzene rings is 3. The normalized spacial score (nSPS) is 13.0. The molecule has 0 unspecified atom stereocenters. The largest absolute Gasteiger partial charge is 0.287 e. The highest BCUT2D eigenvalue weighted by Crippen LogP contribution is 2.16. The van der Waals surface area contributed by atoms with Crippen molar-refractivity contribution in [1.29, 1.82) is 0 Å². The Balaban J connectivity index is 1.86. The molecule has 0 atom stereocenters. The van der Waals surface area contributed by atoms with Gasteiger partial charge in [-0.15, -0.1) is 4.40 Å². The summed E-state index contributed by atoms with van der Waals surface area (Å²) in [7, 11) is -1.22. The van der Waals surface area contributed by atoms with Gasteiger partial charge in [0.05, 0.1) is 17.1 Å². The maximum Gasteiger partial charge on any atom is 0.285 e. The molecule has 152 valence electrons. The fraction of sp³-hybridized carbons (Fsp3) is 0.0476. The Morgan fingerprint density at radius 2 is 1.40 bits per heavy atom. The molecule has 0 aliphatic carbocycles. The lowest BCUT2D eigenvalue weighted by atomic mass is 10.2. The van der Waals surface area contributed by atoms with Crippen molar-refractivity contribution in [2.24, 2.45) is 9.39 Å². The number of sulfonamides is 1. The molecule has 0 bridgehead atoms. The Morgan fingerprint density at radius 3 is 2.07 bits per heavy atom. The number of hydrogen-bond donors (Lipinski definition) is 0. The Morgan fingerprint density at radius 1 is 0.800 bits per heavy atom. The van der Waals surface area contributed by atoms with Gasteiger partial charge in [-0.3, -0.25) is 4.57 Å². The summed E-state index contributed by atoms with van der Waals surface area (Å²) in [4.78, 5) is 5.84.